The number of anilines is 1. The fraction of sp³-hybridized carbons (Fsp3) is 0.294. The van der Waals surface area contributed by atoms with E-state index >= 15 is 0 Å². The predicted octanol–water partition coefficient (Wildman–Crippen LogP) is 2.85. The number of aromatic amines is 1. The molecule has 0 aromatic carbocycles. The molecular formula is C17H16ClFN6O. The van der Waals surface area contributed by atoms with E-state index in [4.69, 9.17) is 11.6 Å². The van der Waals surface area contributed by atoms with Gasteiger partial charge in [-0.2, -0.15) is 0 Å². The maximum atomic E-state index is 14.2. The molecule has 3 aromatic rings. The molecule has 1 aliphatic heterocycles. The van der Waals surface area contributed by atoms with Crippen molar-refractivity contribution in [2.24, 2.45) is 0 Å². The summed E-state index contributed by atoms with van der Waals surface area (Å²) in [4.78, 5) is 29.4. The second kappa shape index (κ2) is 6.53. The lowest BCUT2D eigenvalue weighted by Gasteiger charge is -2.30. The molecule has 7 nitrogen and oxygen atoms in total. The number of likely N-dealkylation sites (N-methyl/N-ethyl adjacent to an activating group) is 1. The van der Waals surface area contributed by atoms with E-state index in [1.165, 1.54) is 6.20 Å². The number of nitrogens with zero attached hydrogens (tertiary/aromatic N) is 4. The molecule has 4 rings (SSSR count). The van der Waals surface area contributed by atoms with E-state index in [1.807, 2.05) is 0 Å². The Kier molecular flexibility index (Phi) is 4.20. The first-order valence-electron chi connectivity index (χ1n) is 8.20. The molecule has 26 heavy (non-hydrogen) atoms. The topological polar surface area (TPSA) is 86.8 Å². The number of carbonyl (C=O) groups excluding carboxylic acids is 1. The average molecular weight is 375 g/mol. The van der Waals surface area contributed by atoms with Gasteiger partial charge in [0.1, 0.15) is 11.7 Å². The average Bonchev–Trinajstić information content (AvgIpc) is 3.04. The number of amides is 1. The summed E-state index contributed by atoms with van der Waals surface area (Å²) in [5.74, 6) is -0.349. The molecule has 1 aliphatic rings. The SMILES string of the molecule is CN1CCCC(Nc2nc(-c3c[nH]c4ncc(Cl)cc34)ncc2F)C1=O. The number of piperidine rings is 1. The van der Waals surface area contributed by atoms with Crippen LogP contribution in [0.25, 0.3) is 22.4 Å². The van der Waals surface area contributed by atoms with Crippen LogP contribution in [0.3, 0.4) is 0 Å². The molecule has 0 bridgehead atoms. The number of likely N-dealkylation sites (tertiary alicyclic amines) is 1. The summed E-state index contributed by atoms with van der Waals surface area (Å²) in [6.45, 7) is 0.706. The number of pyridine rings is 1. The van der Waals surface area contributed by atoms with Gasteiger partial charge < -0.3 is 15.2 Å². The normalized spacial score (nSPS) is 17.7. The molecule has 1 fully saturated rings. The molecule has 1 saturated heterocycles. The number of H-pyrrole nitrogens is 1. The van der Waals surface area contributed by atoms with Crippen LogP contribution in [0, 0.1) is 5.82 Å². The second-order valence-corrected chi connectivity index (χ2v) is 6.68. The summed E-state index contributed by atoms with van der Waals surface area (Å²) in [5.41, 5.74) is 1.29. The Balaban J connectivity index is 1.70. The molecule has 0 radical (unpaired) electrons. The Morgan fingerprint density at radius 2 is 2.23 bits per heavy atom. The molecule has 0 saturated carbocycles. The van der Waals surface area contributed by atoms with Gasteiger partial charge in [-0.15, -0.1) is 0 Å². The summed E-state index contributed by atoms with van der Waals surface area (Å²) in [7, 11) is 1.74. The number of halogens is 2. The van der Waals surface area contributed by atoms with Crippen LogP contribution in [0.1, 0.15) is 12.8 Å². The number of hydrogen-bond acceptors (Lipinski definition) is 5. The summed E-state index contributed by atoms with van der Waals surface area (Å²) >= 11 is 6.02. The highest BCUT2D eigenvalue weighted by atomic mass is 35.5. The van der Waals surface area contributed by atoms with Crippen molar-refractivity contribution in [3.63, 3.8) is 0 Å². The lowest BCUT2D eigenvalue weighted by Crippen LogP contribution is -2.45. The van der Waals surface area contributed by atoms with E-state index in [2.05, 4.69) is 25.3 Å². The van der Waals surface area contributed by atoms with Crippen molar-refractivity contribution in [3.8, 4) is 11.4 Å². The lowest BCUT2D eigenvalue weighted by atomic mass is 10.1. The molecule has 9 heteroatoms. The maximum Gasteiger partial charge on any atom is 0.244 e. The van der Waals surface area contributed by atoms with Gasteiger partial charge >= 0.3 is 0 Å². The highest BCUT2D eigenvalue weighted by molar-refractivity contribution is 6.31. The lowest BCUT2D eigenvalue weighted by molar-refractivity contribution is -0.132. The number of rotatable bonds is 3. The van der Waals surface area contributed by atoms with E-state index < -0.39 is 11.9 Å². The third-order valence-corrected chi connectivity index (χ3v) is 4.66. The largest absolute Gasteiger partial charge is 0.356 e. The predicted molar refractivity (Wildman–Crippen MR) is 96.4 cm³/mol. The summed E-state index contributed by atoms with van der Waals surface area (Å²) in [5, 5.41) is 4.14. The molecule has 4 heterocycles. The standard InChI is InChI=1S/C17H16ClFN6O/c1-25-4-2-3-13(17(25)26)23-16-12(19)8-22-15(24-16)11-7-21-14-10(11)5-9(18)6-20-14/h5-8,13H,2-4H2,1H3,(H,20,21)(H,22,23,24). The first kappa shape index (κ1) is 16.7. The van der Waals surface area contributed by atoms with Crippen molar-refractivity contribution in [3.05, 3.63) is 35.5 Å². The van der Waals surface area contributed by atoms with E-state index in [-0.39, 0.29) is 11.7 Å². The first-order valence-corrected chi connectivity index (χ1v) is 8.58. The summed E-state index contributed by atoms with van der Waals surface area (Å²) in [6, 6.07) is 1.25. The van der Waals surface area contributed by atoms with Crippen LogP contribution >= 0.6 is 11.6 Å². The fourth-order valence-corrected chi connectivity index (χ4v) is 3.25. The van der Waals surface area contributed by atoms with E-state index in [0.29, 0.717) is 35.0 Å². The van der Waals surface area contributed by atoms with Crippen LogP contribution in [0.15, 0.2) is 24.7 Å². The Labute approximate surface area is 153 Å². The van der Waals surface area contributed by atoms with Crippen LogP contribution in [-0.4, -0.2) is 50.4 Å². The monoisotopic (exact) mass is 374 g/mol. The number of fused-ring (bicyclic) bond motifs is 1. The van der Waals surface area contributed by atoms with Gasteiger partial charge in [-0.05, 0) is 18.9 Å². The van der Waals surface area contributed by atoms with E-state index in [0.717, 1.165) is 18.0 Å². The van der Waals surface area contributed by atoms with Gasteiger partial charge in [-0.1, -0.05) is 11.6 Å². The number of aromatic nitrogens is 4. The van der Waals surface area contributed by atoms with Gasteiger partial charge in [0.05, 0.1) is 11.2 Å². The summed E-state index contributed by atoms with van der Waals surface area (Å²) < 4.78 is 14.2. The molecule has 0 aliphatic carbocycles. The molecule has 1 amide bonds. The quantitative estimate of drug-likeness (QED) is 0.736. The van der Waals surface area contributed by atoms with Crippen molar-refractivity contribution < 1.29 is 9.18 Å². The molecule has 1 atom stereocenters. The van der Waals surface area contributed by atoms with Gasteiger partial charge in [0.15, 0.2) is 17.5 Å². The van der Waals surface area contributed by atoms with E-state index in [1.54, 1.807) is 24.2 Å². The molecule has 2 N–H and O–H groups in total. The third kappa shape index (κ3) is 2.96. The first-order chi connectivity index (χ1) is 12.5. The molecular weight excluding hydrogens is 359 g/mol. The zero-order valence-electron chi connectivity index (χ0n) is 14.0. The Hall–Kier alpha value is -2.74. The number of carbonyl (C=O) groups is 1. The van der Waals surface area contributed by atoms with Crippen LogP contribution in [0.2, 0.25) is 5.02 Å². The van der Waals surface area contributed by atoms with Crippen LogP contribution in [0.4, 0.5) is 10.2 Å². The van der Waals surface area contributed by atoms with Gasteiger partial charge in [-0.25, -0.2) is 19.3 Å². The molecule has 0 spiro atoms. The third-order valence-electron chi connectivity index (χ3n) is 4.45. The Bertz CT molecular complexity index is 991. The van der Waals surface area contributed by atoms with Crippen molar-refractivity contribution in [2.45, 2.75) is 18.9 Å². The minimum absolute atomic E-state index is 0.00740. The van der Waals surface area contributed by atoms with Crippen LogP contribution < -0.4 is 5.32 Å². The van der Waals surface area contributed by atoms with Gasteiger partial charge in [0.2, 0.25) is 5.91 Å². The maximum absolute atomic E-state index is 14.2. The number of hydrogen-bond donors (Lipinski definition) is 2. The van der Waals surface area contributed by atoms with Gasteiger partial charge in [0.25, 0.3) is 0 Å². The Morgan fingerprint density at radius 1 is 1.38 bits per heavy atom. The minimum atomic E-state index is -0.606. The summed E-state index contributed by atoms with van der Waals surface area (Å²) in [6.07, 6.45) is 5.82. The highest BCUT2D eigenvalue weighted by Gasteiger charge is 2.27. The van der Waals surface area contributed by atoms with Crippen LogP contribution in [0.5, 0.6) is 0 Å². The fourth-order valence-electron chi connectivity index (χ4n) is 3.09. The van der Waals surface area contributed by atoms with Crippen molar-refractivity contribution in [2.75, 3.05) is 18.9 Å². The van der Waals surface area contributed by atoms with E-state index in [9.17, 15) is 9.18 Å². The Morgan fingerprint density at radius 3 is 3.08 bits per heavy atom. The molecule has 3 aromatic heterocycles. The van der Waals surface area contributed by atoms with Gasteiger partial charge in [0, 0.05) is 36.9 Å². The van der Waals surface area contributed by atoms with Gasteiger partial charge in [-0.3, -0.25) is 4.79 Å². The van der Waals surface area contributed by atoms with Crippen molar-refractivity contribution >= 4 is 34.4 Å². The van der Waals surface area contributed by atoms with Crippen LogP contribution in [-0.2, 0) is 4.79 Å². The molecule has 1 unspecified atom stereocenters. The molecule has 134 valence electrons. The minimum Gasteiger partial charge on any atom is -0.356 e. The smallest absolute Gasteiger partial charge is 0.244 e. The number of nitrogens with one attached hydrogen (secondary N) is 2. The van der Waals surface area contributed by atoms with Crippen molar-refractivity contribution in [1.82, 2.24) is 24.8 Å². The van der Waals surface area contributed by atoms with Crippen molar-refractivity contribution in [1.29, 1.82) is 0 Å². The zero-order chi connectivity index (χ0) is 18.3. The highest BCUT2D eigenvalue weighted by Crippen LogP contribution is 2.28. The second-order valence-electron chi connectivity index (χ2n) is 6.24. The zero-order valence-corrected chi connectivity index (χ0v) is 14.7.